The van der Waals surface area contributed by atoms with Crippen LogP contribution in [0.25, 0.3) is 5.57 Å². The molecule has 1 aliphatic rings. The van der Waals surface area contributed by atoms with Gasteiger partial charge in [-0.25, -0.2) is 0 Å². The van der Waals surface area contributed by atoms with E-state index in [4.69, 9.17) is 0 Å². The van der Waals surface area contributed by atoms with Gasteiger partial charge in [0.2, 0.25) is 0 Å². The van der Waals surface area contributed by atoms with E-state index >= 15 is 0 Å². The average molecular weight is 358 g/mol. The maximum absolute atomic E-state index is 2.57. The van der Waals surface area contributed by atoms with Gasteiger partial charge in [-0.05, 0) is 23.1 Å². The van der Waals surface area contributed by atoms with Crippen LogP contribution >= 0.6 is 22.6 Å². The number of alkyl halides is 1. The monoisotopic (exact) mass is 358 g/mol. The van der Waals surface area contributed by atoms with Crippen molar-refractivity contribution >= 4 is 28.2 Å². The SMILES string of the molecule is IC1(c2ccccc2)C=CC=C(c2ccccc2)C1. The molecule has 0 bridgehead atoms. The molecule has 0 radical (unpaired) electrons. The van der Waals surface area contributed by atoms with Crippen molar-refractivity contribution in [1.29, 1.82) is 0 Å². The lowest BCUT2D eigenvalue weighted by molar-refractivity contribution is 0.832. The largest absolute Gasteiger partial charge is 0.0693 e. The van der Waals surface area contributed by atoms with Gasteiger partial charge < -0.3 is 0 Å². The standard InChI is InChI=1S/C18H15I/c19-18(17-11-5-2-6-12-17)13-7-10-16(14-18)15-8-3-1-4-9-15/h1-13H,14H2. The number of rotatable bonds is 2. The van der Waals surface area contributed by atoms with E-state index in [1.165, 1.54) is 16.7 Å². The third kappa shape index (κ3) is 2.66. The Bertz CT molecular complexity index is 611. The highest BCUT2D eigenvalue weighted by Crippen LogP contribution is 2.44. The zero-order valence-electron chi connectivity index (χ0n) is 10.6. The van der Waals surface area contributed by atoms with E-state index < -0.39 is 0 Å². The minimum atomic E-state index is 0.0684. The van der Waals surface area contributed by atoms with Gasteiger partial charge in [-0.3, -0.25) is 0 Å². The van der Waals surface area contributed by atoms with Crippen molar-refractivity contribution in [3.63, 3.8) is 0 Å². The number of benzene rings is 2. The first-order valence-electron chi connectivity index (χ1n) is 6.46. The predicted octanol–water partition coefficient (Wildman–Crippen LogP) is 5.36. The molecule has 3 rings (SSSR count). The first kappa shape index (κ1) is 12.7. The highest BCUT2D eigenvalue weighted by atomic mass is 127. The number of halogens is 1. The third-order valence-electron chi connectivity index (χ3n) is 3.50. The third-order valence-corrected chi connectivity index (χ3v) is 4.87. The summed E-state index contributed by atoms with van der Waals surface area (Å²) in [5, 5.41) is 0. The van der Waals surface area contributed by atoms with Crippen molar-refractivity contribution in [1.82, 2.24) is 0 Å². The van der Waals surface area contributed by atoms with Crippen molar-refractivity contribution < 1.29 is 0 Å². The second kappa shape index (κ2) is 5.33. The topological polar surface area (TPSA) is 0 Å². The molecule has 0 nitrogen and oxygen atoms in total. The Morgan fingerprint density at radius 1 is 0.842 bits per heavy atom. The van der Waals surface area contributed by atoms with Gasteiger partial charge in [-0.2, -0.15) is 0 Å². The molecule has 1 unspecified atom stereocenters. The molecule has 1 heteroatoms. The van der Waals surface area contributed by atoms with E-state index in [1.807, 2.05) is 0 Å². The van der Waals surface area contributed by atoms with E-state index in [2.05, 4.69) is 101 Å². The van der Waals surface area contributed by atoms with E-state index in [9.17, 15) is 0 Å². The summed E-state index contributed by atoms with van der Waals surface area (Å²) >= 11 is 2.57. The zero-order valence-corrected chi connectivity index (χ0v) is 12.7. The Hall–Kier alpha value is -1.35. The Morgan fingerprint density at radius 3 is 2.16 bits per heavy atom. The highest BCUT2D eigenvalue weighted by molar-refractivity contribution is 14.1. The molecule has 1 aliphatic carbocycles. The molecule has 0 saturated heterocycles. The summed E-state index contributed by atoms with van der Waals surface area (Å²) in [5.41, 5.74) is 4.10. The normalized spacial score (nSPS) is 22.1. The van der Waals surface area contributed by atoms with Crippen LogP contribution in [0.15, 0.2) is 78.9 Å². The summed E-state index contributed by atoms with van der Waals surface area (Å²) in [6.45, 7) is 0. The van der Waals surface area contributed by atoms with Gasteiger partial charge in [0.1, 0.15) is 0 Å². The summed E-state index contributed by atoms with van der Waals surface area (Å²) in [5.74, 6) is 0. The molecule has 2 aromatic carbocycles. The Morgan fingerprint density at radius 2 is 1.47 bits per heavy atom. The van der Waals surface area contributed by atoms with E-state index in [0.29, 0.717) is 0 Å². The quantitative estimate of drug-likeness (QED) is 0.501. The molecular formula is C18H15I. The summed E-state index contributed by atoms with van der Waals surface area (Å²) in [4.78, 5) is 0. The molecule has 0 fully saturated rings. The van der Waals surface area contributed by atoms with Crippen molar-refractivity contribution in [2.75, 3.05) is 0 Å². The van der Waals surface area contributed by atoms with E-state index in [-0.39, 0.29) is 3.42 Å². The Labute approximate surface area is 128 Å². The maximum Gasteiger partial charge on any atom is 0.0693 e. The molecule has 19 heavy (non-hydrogen) atoms. The van der Waals surface area contributed by atoms with E-state index in [1.54, 1.807) is 0 Å². The minimum absolute atomic E-state index is 0.0684. The second-order valence-corrected chi connectivity index (χ2v) is 6.75. The molecule has 0 saturated carbocycles. The summed E-state index contributed by atoms with van der Waals surface area (Å²) in [6.07, 6.45) is 7.76. The lowest BCUT2D eigenvalue weighted by Gasteiger charge is -2.28. The van der Waals surface area contributed by atoms with Gasteiger partial charge >= 0.3 is 0 Å². The fraction of sp³-hybridized carbons (Fsp3) is 0.111. The van der Waals surface area contributed by atoms with Gasteiger partial charge in [0.15, 0.2) is 0 Å². The maximum atomic E-state index is 2.57. The smallest absolute Gasteiger partial charge is 0.0687 e. The van der Waals surface area contributed by atoms with Crippen LogP contribution in [0.4, 0.5) is 0 Å². The van der Waals surface area contributed by atoms with Crippen LogP contribution in [0.5, 0.6) is 0 Å². The molecule has 1 atom stereocenters. The van der Waals surface area contributed by atoms with Crippen LogP contribution in [0.2, 0.25) is 0 Å². The van der Waals surface area contributed by atoms with Gasteiger partial charge in [0, 0.05) is 0 Å². The molecule has 2 aromatic rings. The molecule has 0 spiro atoms. The van der Waals surface area contributed by atoms with Crippen LogP contribution < -0.4 is 0 Å². The lowest BCUT2D eigenvalue weighted by Crippen LogP contribution is -2.17. The number of allylic oxidation sites excluding steroid dienone is 4. The predicted molar refractivity (Wildman–Crippen MR) is 90.3 cm³/mol. The van der Waals surface area contributed by atoms with Crippen LogP contribution in [0, 0.1) is 0 Å². The van der Waals surface area contributed by atoms with Crippen molar-refractivity contribution in [3.05, 3.63) is 90.0 Å². The molecular weight excluding hydrogens is 343 g/mol. The van der Waals surface area contributed by atoms with Crippen LogP contribution in [-0.2, 0) is 3.42 Å². The first-order valence-corrected chi connectivity index (χ1v) is 7.54. The fourth-order valence-electron chi connectivity index (χ4n) is 2.48. The van der Waals surface area contributed by atoms with Crippen LogP contribution in [0.1, 0.15) is 17.5 Å². The summed E-state index contributed by atoms with van der Waals surface area (Å²) in [6, 6.07) is 21.4. The zero-order chi connectivity index (χ0) is 13.1. The van der Waals surface area contributed by atoms with Gasteiger partial charge in [-0.1, -0.05) is 101 Å². The molecule has 94 valence electrons. The number of hydrogen-bond acceptors (Lipinski definition) is 0. The molecule has 0 N–H and O–H groups in total. The van der Waals surface area contributed by atoms with Gasteiger partial charge in [0.05, 0.1) is 3.42 Å². The lowest BCUT2D eigenvalue weighted by atomic mass is 9.85. The first-order chi connectivity index (χ1) is 9.28. The van der Waals surface area contributed by atoms with Crippen molar-refractivity contribution in [2.24, 2.45) is 0 Å². The van der Waals surface area contributed by atoms with E-state index in [0.717, 1.165) is 6.42 Å². The van der Waals surface area contributed by atoms with Gasteiger partial charge in [0.25, 0.3) is 0 Å². The molecule has 0 amide bonds. The summed E-state index contributed by atoms with van der Waals surface area (Å²) < 4.78 is 0.0684. The van der Waals surface area contributed by atoms with Crippen molar-refractivity contribution in [2.45, 2.75) is 9.84 Å². The Balaban J connectivity index is 1.94. The number of hydrogen-bond donors (Lipinski definition) is 0. The van der Waals surface area contributed by atoms with Gasteiger partial charge in [-0.15, -0.1) is 0 Å². The van der Waals surface area contributed by atoms with Crippen LogP contribution in [0.3, 0.4) is 0 Å². The highest BCUT2D eigenvalue weighted by Gasteiger charge is 2.28. The molecule has 0 aromatic heterocycles. The summed E-state index contributed by atoms with van der Waals surface area (Å²) in [7, 11) is 0. The molecule has 0 aliphatic heterocycles. The second-order valence-electron chi connectivity index (χ2n) is 4.82. The van der Waals surface area contributed by atoms with Crippen LogP contribution in [-0.4, -0.2) is 0 Å². The fourth-order valence-corrected chi connectivity index (χ4v) is 3.45. The minimum Gasteiger partial charge on any atom is -0.0687 e. The van der Waals surface area contributed by atoms with Crippen molar-refractivity contribution in [3.8, 4) is 0 Å². The average Bonchev–Trinajstić information content (AvgIpc) is 2.49. The molecule has 0 heterocycles. The Kier molecular flexibility index (Phi) is 3.56.